The van der Waals surface area contributed by atoms with Gasteiger partial charge in [0, 0.05) is 36.7 Å². The van der Waals surface area contributed by atoms with Gasteiger partial charge >= 0.3 is 6.01 Å². The van der Waals surface area contributed by atoms with Gasteiger partial charge in [0.15, 0.2) is 0 Å². The molecule has 3 rings (SSSR count). The fourth-order valence-corrected chi connectivity index (χ4v) is 3.77. The molecule has 0 atom stereocenters. The van der Waals surface area contributed by atoms with Crippen molar-refractivity contribution in [3.8, 4) is 0 Å². The first-order chi connectivity index (χ1) is 9.93. The first-order valence-corrected chi connectivity index (χ1v) is 8.32. The van der Waals surface area contributed by atoms with Gasteiger partial charge in [-0.25, -0.2) is 4.98 Å². The van der Waals surface area contributed by atoms with Gasteiger partial charge in [0.05, 0.1) is 10.7 Å². The van der Waals surface area contributed by atoms with Gasteiger partial charge in [-0.15, -0.1) is 16.4 Å². The van der Waals surface area contributed by atoms with Crippen LogP contribution in [0.5, 0.6) is 0 Å². The largest absolute Gasteiger partial charge is 0.408 e. The molecule has 2 aromatic rings. The van der Waals surface area contributed by atoms with Crippen molar-refractivity contribution in [1.82, 2.24) is 15.2 Å². The summed E-state index contributed by atoms with van der Waals surface area (Å²) in [5.41, 5.74) is 1.34. The van der Waals surface area contributed by atoms with E-state index in [1.54, 1.807) is 11.3 Å². The van der Waals surface area contributed by atoms with Crippen LogP contribution in [0.15, 0.2) is 9.80 Å². The van der Waals surface area contributed by atoms with Gasteiger partial charge in [-0.2, -0.15) is 0 Å². The van der Waals surface area contributed by atoms with E-state index < -0.39 is 0 Å². The van der Waals surface area contributed by atoms with Crippen LogP contribution in [0, 0.1) is 6.92 Å². The van der Waals surface area contributed by atoms with Gasteiger partial charge in [0.1, 0.15) is 0 Å². The molecule has 6 heteroatoms. The normalized spacial score (nSPS) is 17.4. The van der Waals surface area contributed by atoms with Crippen molar-refractivity contribution in [2.24, 2.45) is 0 Å². The molecule has 0 radical (unpaired) electrons. The number of hydrogen-bond acceptors (Lipinski definition) is 6. The monoisotopic (exact) mass is 306 g/mol. The molecule has 1 aliphatic heterocycles. The summed E-state index contributed by atoms with van der Waals surface area (Å²) in [6.45, 7) is 10.4. The molecule has 1 saturated heterocycles. The van der Waals surface area contributed by atoms with E-state index in [1.807, 2.05) is 6.92 Å². The van der Waals surface area contributed by atoms with Crippen LogP contribution >= 0.6 is 11.3 Å². The summed E-state index contributed by atoms with van der Waals surface area (Å²) in [4.78, 5) is 7.03. The molecule has 0 N–H and O–H groups in total. The van der Waals surface area contributed by atoms with Crippen molar-refractivity contribution in [3.05, 3.63) is 22.0 Å². The molecule has 0 unspecified atom stereocenters. The predicted octanol–water partition coefficient (Wildman–Crippen LogP) is 3.52. The average molecular weight is 306 g/mol. The lowest BCUT2D eigenvalue weighted by Crippen LogP contribution is -2.33. The number of nitrogens with zero attached hydrogens (tertiary/aromatic N) is 4. The Morgan fingerprint density at radius 1 is 1.24 bits per heavy atom. The zero-order valence-electron chi connectivity index (χ0n) is 13.1. The van der Waals surface area contributed by atoms with Gasteiger partial charge in [0.2, 0.25) is 5.89 Å². The molecule has 1 aliphatic rings. The lowest BCUT2D eigenvalue weighted by atomic mass is 9.93. The lowest BCUT2D eigenvalue weighted by Gasteiger charge is -2.29. The van der Waals surface area contributed by atoms with Gasteiger partial charge in [-0.05, 0) is 12.8 Å². The van der Waals surface area contributed by atoms with E-state index in [2.05, 4.69) is 41.2 Å². The minimum Gasteiger partial charge on any atom is -0.408 e. The van der Waals surface area contributed by atoms with E-state index in [9.17, 15) is 0 Å². The maximum Gasteiger partial charge on any atom is 0.318 e. The van der Waals surface area contributed by atoms with Crippen LogP contribution in [0.25, 0.3) is 0 Å². The molecule has 2 aromatic heterocycles. The summed E-state index contributed by atoms with van der Waals surface area (Å²) in [6.07, 6.45) is 2.19. The minimum absolute atomic E-state index is 0.136. The molecule has 21 heavy (non-hydrogen) atoms. The van der Waals surface area contributed by atoms with Crippen molar-refractivity contribution >= 4 is 17.4 Å². The van der Waals surface area contributed by atoms with Crippen LogP contribution in [-0.2, 0) is 5.41 Å². The van der Waals surface area contributed by atoms with Crippen molar-refractivity contribution in [2.45, 2.75) is 51.9 Å². The number of thiazole rings is 1. The van der Waals surface area contributed by atoms with E-state index in [4.69, 9.17) is 9.40 Å². The highest BCUT2D eigenvalue weighted by Gasteiger charge is 2.27. The van der Waals surface area contributed by atoms with E-state index in [-0.39, 0.29) is 5.41 Å². The molecule has 3 heterocycles. The molecule has 1 fully saturated rings. The van der Waals surface area contributed by atoms with E-state index in [0.717, 1.165) is 25.9 Å². The van der Waals surface area contributed by atoms with Gasteiger partial charge in [0.25, 0.3) is 0 Å². The second-order valence-corrected chi connectivity index (χ2v) is 7.58. The number of hydrogen-bond donors (Lipinski definition) is 0. The van der Waals surface area contributed by atoms with E-state index >= 15 is 0 Å². The Kier molecular flexibility index (Phi) is 3.73. The SMILES string of the molecule is Cc1nnc(N2CCC(c3nc(C(C)(C)C)cs3)CC2)o1. The van der Waals surface area contributed by atoms with Crippen LogP contribution in [0.4, 0.5) is 6.01 Å². The molecule has 114 valence electrons. The second-order valence-electron chi connectivity index (χ2n) is 6.69. The van der Waals surface area contributed by atoms with E-state index in [0.29, 0.717) is 17.8 Å². The molecule has 0 bridgehead atoms. The minimum atomic E-state index is 0.136. The third-order valence-corrected chi connectivity index (χ3v) is 4.93. The van der Waals surface area contributed by atoms with Crippen LogP contribution in [-0.4, -0.2) is 28.3 Å². The zero-order valence-corrected chi connectivity index (χ0v) is 13.9. The van der Waals surface area contributed by atoms with Gasteiger partial charge in [-0.3, -0.25) is 0 Å². The summed E-state index contributed by atoms with van der Waals surface area (Å²) in [6, 6.07) is 0.653. The van der Waals surface area contributed by atoms with Crippen molar-refractivity contribution < 1.29 is 4.42 Å². The number of rotatable bonds is 2. The summed E-state index contributed by atoms with van der Waals surface area (Å²) < 4.78 is 5.50. The fourth-order valence-electron chi connectivity index (χ4n) is 2.55. The first kappa shape index (κ1) is 14.5. The average Bonchev–Trinajstić information content (AvgIpc) is 3.07. The summed E-state index contributed by atoms with van der Waals surface area (Å²) >= 11 is 1.80. The second kappa shape index (κ2) is 5.40. The molecular formula is C15H22N4OS. The van der Waals surface area contributed by atoms with Crippen LogP contribution in [0.3, 0.4) is 0 Å². The van der Waals surface area contributed by atoms with Crippen LogP contribution < -0.4 is 4.90 Å². The Balaban J connectivity index is 1.64. The molecule has 0 aromatic carbocycles. The van der Waals surface area contributed by atoms with Gasteiger partial charge < -0.3 is 9.32 Å². The Labute approximate surface area is 129 Å². The molecule has 0 aliphatic carbocycles. The Morgan fingerprint density at radius 2 is 1.95 bits per heavy atom. The quantitative estimate of drug-likeness (QED) is 0.849. The summed E-state index contributed by atoms with van der Waals surface area (Å²) in [7, 11) is 0. The lowest BCUT2D eigenvalue weighted by molar-refractivity contribution is 0.447. The highest BCUT2D eigenvalue weighted by Crippen LogP contribution is 2.34. The third kappa shape index (κ3) is 3.10. The maximum atomic E-state index is 5.50. The topological polar surface area (TPSA) is 55.1 Å². The van der Waals surface area contributed by atoms with Crippen molar-refractivity contribution in [2.75, 3.05) is 18.0 Å². The van der Waals surface area contributed by atoms with Crippen LogP contribution in [0.1, 0.15) is 56.1 Å². The summed E-state index contributed by atoms with van der Waals surface area (Å²) in [5, 5.41) is 11.5. The van der Waals surface area contributed by atoms with Crippen molar-refractivity contribution in [3.63, 3.8) is 0 Å². The number of anilines is 1. The molecule has 0 saturated carbocycles. The first-order valence-electron chi connectivity index (χ1n) is 7.44. The molecule has 0 amide bonds. The van der Waals surface area contributed by atoms with Crippen LogP contribution in [0.2, 0.25) is 0 Å². The zero-order chi connectivity index (χ0) is 15.0. The Bertz CT molecular complexity index is 605. The van der Waals surface area contributed by atoms with E-state index in [1.165, 1.54) is 10.7 Å². The molecule has 5 nitrogen and oxygen atoms in total. The molecule has 0 spiro atoms. The summed E-state index contributed by atoms with van der Waals surface area (Å²) in [5.74, 6) is 1.19. The third-order valence-electron chi connectivity index (χ3n) is 3.92. The Morgan fingerprint density at radius 3 is 2.48 bits per heavy atom. The molecular weight excluding hydrogens is 284 g/mol. The highest BCUT2D eigenvalue weighted by atomic mass is 32.1. The Hall–Kier alpha value is -1.43. The predicted molar refractivity (Wildman–Crippen MR) is 84.0 cm³/mol. The highest BCUT2D eigenvalue weighted by molar-refractivity contribution is 7.09. The smallest absolute Gasteiger partial charge is 0.318 e. The maximum absolute atomic E-state index is 5.50. The standard InChI is InChI=1S/C15H22N4OS/c1-10-17-18-14(20-10)19-7-5-11(6-8-19)13-16-12(9-21-13)15(2,3)4/h9,11H,5-8H2,1-4H3. The number of aryl methyl sites for hydroxylation is 1. The van der Waals surface area contributed by atoms with Gasteiger partial charge in [-0.1, -0.05) is 25.9 Å². The van der Waals surface area contributed by atoms with Crippen molar-refractivity contribution in [1.29, 1.82) is 0 Å². The number of piperidine rings is 1. The fraction of sp³-hybridized carbons (Fsp3) is 0.667. The number of aromatic nitrogens is 3.